The number of nitrogens with one attached hydrogen (secondary N) is 2. The molecule has 2 atom stereocenters. The molecule has 0 aliphatic carbocycles. The predicted molar refractivity (Wildman–Crippen MR) is 86.5 cm³/mol. The summed E-state index contributed by atoms with van der Waals surface area (Å²) in [5.74, 6) is 0.216. The van der Waals surface area contributed by atoms with Gasteiger partial charge in [0.25, 0.3) is 0 Å². The average Bonchev–Trinajstić information content (AvgIpc) is 2.45. The van der Waals surface area contributed by atoms with E-state index in [2.05, 4.69) is 29.4 Å². The van der Waals surface area contributed by atoms with Gasteiger partial charge in [0.15, 0.2) is 0 Å². The van der Waals surface area contributed by atoms with Crippen LogP contribution in [0.25, 0.3) is 0 Å². The van der Waals surface area contributed by atoms with Gasteiger partial charge < -0.3 is 15.4 Å². The van der Waals surface area contributed by atoms with Gasteiger partial charge in [-0.2, -0.15) is 0 Å². The topological polar surface area (TPSA) is 70.7 Å². The molecular weight excluding hydrogens is 282 g/mol. The molecule has 1 heterocycles. The average molecular weight is 313 g/mol. The third-order valence-electron chi connectivity index (χ3n) is 4.08. The number of ether oxygens (including phenoxy) is 1. The molecule has 0 unspecified atom stereocenters. The van der Waals surface area contributed by atoms with Crippen molar-refractivity contribution in [1.29, 1.82) is 0 Å². The molecule has 6 nitrogen and oxygen atoms in total. The first-order valence-corrected chi connectivity index (χ1v) is 8.19. The van der Waals surface area contributed by atoms with E-state index >= 15 is 0 Å². The van der Waals surface area contributed by atoms with Crippen molar-refractivity contribution in [3.63, 3.8) is 0 Å². The number of carbonyl (C=O) groups excluding carboxylic acids is 2. The van der Waals surface area contributed by atoms with Crippen LogP contribution in [0, 0.1) is 11.8 Å². The van der Waals surface area contributed by atoms with E-state index in [0.29, 0.717) is 12.5 Å². The first-order chi connectivity index (χ1) is 10.3. The lowest BCUT2D eigenvalue weighted by atomic mass is 10.0. The van der Waals surface area contributed by atoms with Crippen LogP contribution in [0.4, 0.5) is 0 Å². The molecule has 0 spiro atoms. The summed E-state index contributed by atoms with van der Waals surface area (Å²) in [4.78, 5) is 26.0. The Bertz CT molecular complexity index is 366. The van der Waals surface area contributed by atoms with E-state index in [-0.39, 0.29) is 23.8 Å². The van der Waals surface area contributed by atoms with Gasteiger partial charge in [0.1, 0.15) is 6.04 Å². The molecule has 2 N–H and O–H groups in total. The second kappa shape index (κ2) is 9.10. The molecule has 1 aliphatic heterocycles. The maximum absolute atomic E-state index is 12.4. The molecule has 0 bridgehead atoms. The van der Waals surface area contributed by atoms with E-state index in [0.717, 1.165) is 26.3 Å². The number of hydrogen-bond donors (Lipinski definition) is 2. The molecule has 0 saturated carbocycles. The highest BCUT2D eigenvalue weighted by Crippen LogP contribution is 2.12. The number of carbonyl (C=O) groups is 2. The smallest absolute Gasteiger partial charge is 0.242 e. The summed E-state index contributed by atoms with van der Waals surface area (Å²) in [5.41, 5.74) is 0. The predicted octanol–water partition coefficient (Wildman–Crippen LogP) is 0.620. The zero-order valence-electron chi connectivity index (χ0n) is 14.5. The minimum Gasteiger partial charge on any atom is -0.379 e. The lowest BCUT2D eigenvalue weighted by Gasteiger charge is -2.37. The summed E-state index contributed by atoms with van der Waals surface area (Å²) in [7, 11) is 0. The molecule has 1 saturated heterocycles. The quantitative estimate of drug-likeness (QED) is 0.723. The Kier molecular flexibility index (Phi) is 7.82. The second-order valence-electron chi connectivity index (χ2n) is 6.63. The first-order valence-electron chi connectivity index (χ1n) is 8.19. The van der Waals surface area contributed by atoms with Crippen LogP contribution in [0.3, 0.4) is 0 Å². The van der Waals surface area contributed by atoms with E-state index in [1.165, 1.54) is 6.92 Å². The summed E-state index contributed by atoms with van der Waals surface area (Å²) in [6.45, 7) is 13.5. The Hall–Kier alpha value is -1.14. The number of morpholine rings is 1. The van der Waals surface area contributed by atoms with Crippen LogP contribution in [0.1, 0.15) is 34.6 Å². The van der Waals surface area contributed by atoms with Crippen molar-refractivity contribution in [2.75, 3.05) is 32.8 Å². The fraction of sp³-hybridized carbons (Fsp3) is 0.875. The van der Waals surface area contributed by atoms with Gasteiger partial charge in [0.2, 0.25) is 11.8 Å². The highest BCUT2D eigenvalue weighted by atomic mass is 16.5. The molecule has 1 fully saturated rings. The molecule has 0 radical (unpaired) electrons. The number of hydrogen-bond acceptors (Lipinski definition) is 4. The largest absolute Gasteiger partial charge is 0.379 e. The van der Waals surface area contributed by atoms with Gasteiger partial charge in [-0.1, -0.05) is 27.7 Å². The van der Waals surface area contributed by atoms with Crippen molar-refractivity contribution in [1.82, 2.24) is 15.5 Å². The minimum absolute atomic E-state index is 0.0600. The molecule has 22 heavy (non-hydrogen) atoms. The Balaban J connectivity index is 2.58. The highest BCUT2D eigenvalue weighted by molar-refractivity contribution is 5.87. The molecule has 128 valence electrons. The molecule has 0 aromatic rings. The summed E-state index contributed by atoms with van der Waals surface area (Å²) < 4.78 is 5.39. The molecule has 6 heteroatoms. The van der Waals surface area contributed by atoms with Crippen molar-refractivity contribution in [3.05, 3.63) is 0 Å². The van der Waals surface area contributed by atoms with Crippen molar-refractivity contribution in [3.8, 4) is 0 Å². The van der Waals surface area contributed by atoms with Crippen LogP contribution in [0.2, 0.25) is 0 Å². The highest BCUT2D eigenvalue weighted by Gasteiger charge is 2.27. The zero-order chi connectivity index (χ0) is 16.7. The first kappa shape index (κ1) is 18.9. The Morgan fingerprint density at radius 1 is 1.09 bits per heavy atom. The molecular formula is C16H31N3O3. The van der Waals surface area contributed by atoms with Gasteiger partial charge in [-0.05, 0) is 11.8 Å². The van der Waals surface area contributed by atoms with Gasteiger partial charge in [-0.25, -0.2) is 0 Å². The van der Waals surface area contributed by atoms with Gasteiger partial charge in [-0.15, -0.1) is 0 Å². The summed E-state index contributed by atoms with van der Waals surface area (Å²) in [6.07, 6.45) is 0. The van der Waals surface area contributed by atoms with E-state index in [1.807, 2.05) is 13.8 Å². The summed E-state index contributed by atoms with van der Waals surface area (Å²) in [5, 5.41) is 5.74. The Morgan fingerprint density at radius 2 is 1.68 bits per heavy atom. The van der Waals surface area contributed by atoms with E-state index in [1.54, 1.807) is 0 Å². The van der Waals surface area contributed by atoms with Gasteiger partial charge in [-0.3, -0.25) is 14.5 Å². The van der Waals surface area contributed by atoms with Gasteiger partial charge in [0, 0.05) is 32.6 Å². The Labute approximate surface area is 134 Å². The zero-order valence-corrected chi connectivity index (χ0v) is 14.5. The molecule has 1 rings (SSSR count). The van der Waals surface area contributed by atoms with Crippen LogP contribution < -0.4 is 10.6 Å². The van der Waals surface area contributed by atoms with Gasteiger partial charge >= 0.3 is 0 Å². The molecule has 0 aromatic carbocycles. The van der Waals surface area contributed by atoms with Crippen LogP contribution in [-0.2, 0) is 14.3 Å². The Morgan fingerprint density at radius 3 is 2.14 bits per heavy atom. The van der Waals surface area contributed by atoms with Crippen LogP contribution in [-0.4, -0.2) is 61.6 Å². The van der Waals surface area contributed by atoms with Crippen LogP contribution in [0.5, 0.6) is 0 Å². The summed E-state index contributed by atoms with van der Waals surface area (Å²) in [6, 6.07) is -0.187. The monoisotopic (exact) mass is 313 g/mol. The van der Waals surface area contributed by atoms with Crippen LogP contribution in [0.15, 0.2) is 0 Å². The lowest BCUT2D eigenvalue weighted by molar-refractivity contribution is -0.129. The van der Waals surface area contributed by atoms with E-state index in [4.69, 9.17) is 4.74 Å². The third kappa shape index (κ3) is 5.93. The normalized spacial score (nSPS) is 19.0. The number of rotatable bonds is 7. The maximum Gasteiger partial charge on any atom is 0.242 e. The van der Waals surface area contributed by atoms with Crippen molar-refractivity contribution in [2.45, 2.75) is 46.7 Å². The number of nitrogens with zero attached hydrogens (tertiary/aromatic N) is 1. The van der Waals surface area contributed by atoms with Gasteiger partial charge in [0.05, 0.1) is 13.2 Å². The lowest BCUT2D eigenvalue weighted by Crippen LogP contribution is -2.55. The third-order valence-corrected chi connectivity index (χ3v) is 4.08. The second-order valence-corrected chi connectivity index (χ2v) is 6.63. The van der Waals surface area contributed by atoms with Crippen molar-refractivity contribution in [2.24, 2.45) is 11.8 Å². The fourth-order valence-corrected chi connectivity index (χ4v) is 2.76. The molecule has 0 aromatic heterocycles. The fourth-order valence-electron chi connectivity index (χ4n) is 2.76. The minimum atomic E-state index is -0.477. The SMILES string of the molecule is CC(=O)N[C@H](C(=O)NC[C@@H](C(C)C)N1CCOCC1)C(C)C. The van der Waals surface area contributed by atoms with Crippen molar-refractivity contribution >= 4 is 11.8 Å². The van der Waals surface area contributed by atoms with Crippen LogP contribution >= 0.6 is 0 Å². The molecule has 2 amide bonds. The van der Waals surface area contributed by atoms with E-state index in [9.17, 15) is 9.59 Å². The standard InChI is InChI=1S/C16H31N3O3/c1-11(2)14(19-6-8-22-9-7-19)10-17-16(21)15(12(3)4)18-13(5)20/h11-12,14-15H,6-10H2,1-5H3,(H,17,21)(H,18,20)/t14-,15-/m0/s1. The summed E-state index contributed by atoms with van der Waals surface area (Å²) >= 11 is 0. The van der Waals surface area contributed by atoms with Crippen molar-refractivity contribution < 1.29 is 14.3 Å². The van der Waals surface area contributed by atoms with E-state index < -0.39 is 6.04 Å². The maximum atomic E-state index is 12.4. The number of amides is 2. The molecule has 1 aliphatic rings.